The fourth-order valence-corrected chi connectivity index (χ4v) is 2.44. The number of nitrogens with zero attached hydrogens (tertiary/aromatic N) is 6. The van der Waals surface area contributed by atoms with Crippen LogP contribution in [0.2, 0.25) is 0 Å². The van der Waals surface area contributed by atoms with Crippen LogP contribution < -0.4 is 9.80 Å². The van der Waals surface area contributed by atoms with Crippen LogP contribution in [-0.2, 0) is 0 Å². The molecule has 0 bridgehead atoms. The van der Waals surface area contributed by atoms with E-state index in [0.29, 0.717) is 11.6 Å². The molecule has 114 valence electrons. The van der Waals surface area contributed by atoms with Gasteiger partial charge in [-0.2, -0.15) is 10.2 Å². The summed E-state index contributed by atoms with van der Waals surface area (Å²) in [5.41, 5.74) is 0.607. The Morgan fingerprint density at radius 2 is 1.95 bits per heavy atom. The highest BCUT2D eigenvalue weighted by Gasteiger charge is 2.23. The van der Waals surface area contributed by atoms with Crippen LogP contribution in [-0.4, -0.2) is 41.3 Å². The zero-order valence-corrected chi connectivity index (χ0v) is 12.7. The molecule has 0 N–H and O–H groups in total. The molecule has 1 saturated heterocycles. The number of aromatic nitrogens is 3. The quantitative estimate of drug-likeness (QED) is 0.854. The van der Waals surface area contributed by atoms with Crippen LogP contribution in [0.25, 0.3) is 0 Å². The van der Waals surface area contributed by atoms with Gasteiger partial charge >= 0.3 is 6.01 Å². The Morgan fingerprint density at radius 1 is 1.23 bits per heavy atom. The standard InChI is InChI=1S/C15H18N6O/c1-11(2)13-18-15(22-19-13)21-8-6-20(7-9-21)14-12(10-16)4-3-5-17-14/h3-5,11H,6-9H2,1-2H3. The summed E-state index contributed by atoms with van der Waals surface area (Å²) in [4.78, 5) is 13.0. The predicted octanol–water partition coefficient (Wildman–Crippen LogP) is 1.79. The molecule has 7 heteroatoms. The zero-order chi connectivity index (χ0) is 15.5. The summed E-state index contributed by atoms with van der Waals surface area (Å²) in [6, 6.07) is 6.34. The maximum atomic E-state index is 9.17. The summed E-state index contributed by atoms with van der Waals surface area (Å²) in [6.07, 6.45) is 1.72. The van der Waals surface area contributed by atoms with Crippen molar-refractivity contribution in [2.24, 2.45) is 0 Å². The highest BCUT2D eigenvalue weighted by molar-refractivity contribution is 5.54. The average molecular weight is 298 g/mol. The van der Waals surface area contributed by atoms with Crippen molar-refractivity contribution in [3.63, 3.8) is 0 Å². The largest absolute Gasteiger partial charge is 0.352 e. The second-order valence-electron chi connectivity index (χ2n) is 5.55. The van der Waals surface area contributed by atoms with E-state index in [4.69, 9.17) is 4.52 Å². The van der Waals surface area contributed by atoms with E-state index in [0.717, 1.165) is 37.8 Å². The molecule has 0 aliphatic carbocycles. The molecule has 0 aromatic carbocycles. The summed E-state index contributed by atoms with van der Waals surface area (Å²) in [6.45, 7) is 7.15. The Labute approximate surface area is 129 Å². The van der Waals surface area contributed by atoms with Gasteiger partial charge in [0.25, 0.3) is 0 Å². The monoisotopic (exact) mass is 298 g/mol. The fourth-order valence-electron chi connectivity index (χ4n) is 2.44. The molecular formula is C15H18N6O. The lowest BCUT2D eigenvalue weighted by atomic mass is 10.2. The van der Waals surface area contributed by atoms with E-state index >= 15 is 0 Å². The first-order chi connectivity index (χ1) is 10.7. The molecule has 3 heterocycles. The van der Waals surface area contributed by atoms with Crippen molar-refractivity contribution in [1.29, 1.82) is 5.26 Å². The number of rotatable bonds is 3. The molecule has 22 heavy (non-hydrogen) atoms. The van der Waals surface area contributed by atoms with Crippen LogP contribution in [0.15, 0.2) is 22.9 Å². The van der Waals surface area contributed by atoms with Gasteiger partial charge in [0.1, 0.15) is 11.9 Å². The number of pyridine rings is 1. The minimum atomic E-state index is 0.255. The third kappa shape index (κ3) is 2.72. The lowest BCUT2D eigenvalue weighted by Gasteiger charge is -2.34. The molecule has 0 saturated carbocycles. The van der Waals surface area contributed by atoms with Crippen LogP contribution >= 0.6 is 0 Å². The lowest BCUT2D eigenvalue weighted by Crippen LogP contribution is -2.47. The van der Waals surface area contributed by atoms with Crippen LogP contribution in [0, 0.1) is 11.3 Å². The van der Waals surface area contributed by atoms with Gasteiger partial charge in [-0.3, -0.25) is 0 Å². The average Bonchev–Trinajstić information content (AvgIpc) is 3.05. The maximum Gasteiger partial charge on any atom is 0.324 e. The minimum Gasteiger partial charge on any atom is -0.352 e. The van der Waals surface area contributed by atoms with E-state index in [-0.39, 0.29) is 5.92 Å². The first-order valence-electron chi connectivity index (χ1n) is 7.37. The van der Waals surface area contributed by atoms with Crippen molar-refractivity contribution < 1.29 is 4.52 Å². The topological polar surface area (TPSA) is 82.1 Å². The third-order valence-electron chi connectivity index (χ3n) is 3.70. The van der Waals surface area contributed by atoms with Gasteiger partial charge in [-0.15, -0.1) is 0 Å². The molecule has 0 amide bonds. The van der Waals surface area contributed by atoms with E-state index in [2.05, 4.69) is 31.0 Å². The third-order valence-corrected chi connectivity index (χ3v) is 3.70. The molecule has 0 unspecified atom stereocenters. The molecular weight excluding hydrogens is 280 g/mol. The molecule has 7 nitrogen and oxygen atoms in total. The number of hydrogen-bond donors (Lipinski definition) is 0. The van der Waals surface area contributed by atoms with E-state index in [1.165, 1.54) is 0 Å². The maximum absolute atomic E-state index is 9.17. The lowest BCUT2D eigenvalue weighted by molar-refractivity contribution is 0.400. The summed E-state index contributed by atoms with van der Waals surface area (Å²) >= 11 is 0. The van der Waals surface area contributed by atoms with E-state index in [1.54, 1.807) is 18.3 Å². The van der Waals surface area contributed by atoms with Crippen molar-refractivity contribution >= 4 is 11.8 Å². The van der Waals surface area contributed by atoms with Crippen molar-refractivity contribution in [3.8, 4) is 6.07 Å². The van der Waals surface area contributed by atoms with Gasteiger partial charge in [0.2, 0.25) is 0 Å². The zero-order valence-electron chi connectivity index (χ0n) is 12.7. The van der Waals surface area contributed by atoms with E-state index in [1.807, 2.05) is 13.8 Å². The molecule has 1 aliphatic heterocycles. The Morgan fingerprint density at radius 3 is 2.59 bits per heavy atom. The van der Waals surface area contributed by atoms with Gasteiger partial charge in [-0.05, 0) is 12.1 Å². The van der Waals surface area contributed by atoms with Crippen LogP contribution in [0.1, 0.15) is 31.2 Å². The van der Waals surface area contributed by atoms with Crippen LogP contribution in [0.5, 0.6) is 0 Å². The molecule has 0 spiro atoms. The van der Waals surface area contributed by atoms with Crippen molar-refractivity contribution in [1.82, 2.24) is 15.1 Å². The van der Waals surface area contributed by atoms with E-state index < -0.39 is 0 Å². The van der Waals surface area contributed by atoms with Gasteiger partial charge in [-0.1, -0.05) is 19.0 Å². The molecule has 1 fully saturated rings. The minimum absolute atomic E-state index is 0.255. The number of anilines is 2. The van der Waals surface area contributed by atoms with Gasteiger partial charge in [-0.25, -0.2) is 4.98 Å². The first kappa shape index (κ1) is 14.3. The predicted molar refractivity (Wildman–Crippen MR) is 81.8 cm³/mol. The van der Waals surface area contributed by atoms with Gasteiger partial charge in [0, 0.05) is 38.3 Å². The Hall–Kier alpha value is -2.62. The highest BCUT2D eigenvalue weighted by Crippen LogP contribution is 2.21. The number of nitriles is 1. The summed E-state index contributed by atoms with van der Waals surface area (Å²) in [7, 11) is 0. The SMILES string of the molecule is CC(C)c1noc(N2CCN(c3ncccc3C#N)CC2)n1. The van der Waals surface area contributed by atoms with Crippen LogP contribution in [0.3, 0.4) is 0 Å². The Balaban J connectivity index is 1.68. The second kappa shape index (κ2) is 6.02. The number of piperazine rings is 1. The van der Waals surface area contributed by atoms with Crippen molar-refractivity contribution in [2.75, 3.05) is 36.0 Å². The Bertz CT molecular complexity index is 681. The smallest absolute Gasteiger partial charge is 0.324 e. The van der Waals surface area contributed by atoms with Gasteiger partial charge in [0.15, 0.2) is 5.82 Å². The normalized spacial score (nSPS) is 15.2. The first-order valence-corrected chi connectivity index (χ1v) is 7.37. The molecule has 1 aliphatic rings. The molecule has 2 aromatic heterocycles. The molecule has 0 radical (unpaired) electrons. The van der Waals surface area contributed by atoms with Gasteiger partial charge in [0.05, 0.1) is 5.56 Å². The molecule has 3 rings (SSSR count). The molecule has 2 aromatic rings. The van der Waals surface area contributed by atoms with Crippen molar-refractivity contribution in [3.05, 3.63) is 29.7 Å². The van der Waals surface area contributed by atoms with Crippen LogP contribution in [0.4, 0.5) is 11.8 Å². The summed E-state index contributed by atoms with van der Waals surface area (Å²) < 4.78 is 5.33. The summed E-state index contributed by atoms with van der Waals surface area (Å²) in [5, 5.41) is 13.2. The van der Waals surface area contributed by atoms with Gasteiger partial charge < -0.3 is 14.3 Å². The van der Waals surface area contributed by atoms with Crippen molar-refractivity contribution in [2.45, 2.75) is 19.8 Å². The fraction of sp³-hybridized carbons (Fsp3) is 0.467. The number of hydrogen-bond acceptors (Lipinski definition) is 7. The molecule has 0 atom stereocenters. The highest BCUT2D eigenvalue weighted by atomic mass is 16.5. The second-order valence-corrected chi connectivity index (χ2v) is 5.55. The summed E-state index contributed by atoms with van der Waals surface area (Å²) in [5.74, 6) is 1.73. The Kier molecular flexibility index (Phi) is 3.92. The van der Waals surface area contributed by atoms with E-state index in [9.17, 15) is 5.26 Å².